The number of benzene rings is 2. The van der Waals surface area contributed by atoms with Crippen LogP contribution in [0.25, 0.3) is 33.3 Å². The number of pyridine rings is 2. The zero-order valence-corrected chi connectivity index (χ0v) is 18.4. The van der Waals surface area contributed by atoms with Gasteiger partial charge >= 0.3 is 0 Å². The van der Waals surface area contributed by atoms with Gasteiger partial charge in [-0.25, -0.2) is 13.8 Å². The molecule has 1 aliphatic heterocycles. The molecule has 0 atom stereocenters. The molecule has 1 aliphatic rings. The number of aromatic nitrogens is 2. The number of hydrogen-bond acceptors (Lipinski definition) is 4. The van der Waals surface area contributed by atoms with Gasteiger partial charge in [-0.1, -0.05) is 29.3 Å². The van der Waals surface area contributed by atoms with Crippen LogP contribution in [0.4, 0.5) is 14.6 Å². The van der Waals surface area contributed by atoms with Crippen LogP contribution in [0.2, 0.25) is 10.0 Å². The van der Waals surface area contributed by atoms with Gasteiger partial charge in [-0.2, -0.15) is 0 Å². The molecule has 8 heteroatoms. The van der Waals surface area contributed by atoms with Gasteiger partial charge in [0.1, 0.15) is 17.5 Å². The fourth-order valence-corrected chi connectivity index (χ4v) is 4.61. The Hall–Kier alpha value is -2.80. The van der Waals surface area contributed by atoms with Crippen LogP contribution in [0.5, 0.6) is 0 Å². The topological polar surface area (TPSA) is 41.0 Å². The van der Waals surface area contributed by atoms with Gasteiger partial charge < -0.3 is 10.2 Å². The molecule has 0 radical (unpaired) electrons. The second kappa shape index (κ2) is 8.62. The first-order chi connectivity index (χ1) is 15.5. The SMILES string of the molecule is Fc1ccc(-c2cc(N3CCNCC3)nc3c(-c4c(Cl)cccc4Cl)nccc23)c(F)c1. The normalized spacial score (nSPS) is 14.2. The Morgan fingerprint density at radius 1 is 0.906 bits per heavy atom. The molecule has 0 spiro atoms. The second-order valence-corrected chi connectivity index (χ2v) is 8.36. The third-order valence-electron chi connectivity index (χ3n) is 5.58. The average Bonchev–Trinajstić information content (AvgIpc) is 2.79. The summed E-state index contributed by atoms with van der Waals surface area (Å²) in [6.07, 6.45) is 1.62. The van der Waals surface area contributed by atoms with E-state index in [9.17, 15) is 8.78 Å². The number of piperazine rings is 1. The van der Waals surface area contributed by atoms with Crippen LogP contribution >= 0.6 is 23.2 Å². The number of nitrogens with zero attached hydrogens (tertiary/aromatic N) is 3. The average molecular weight is 471 g/mol. The van der Waals surface area contributed by atoms with Crippen LogP contribution in [0.1, 0.15) is 0 Å². The minimum absolute atomic E-state index is 0.289. The molecule has 0 bridgehead atoms. The number of rotatable bonds is 3. The van der Waals surface area contributed by atoms with E-state index in [1.165, 1.54) is 12.1 Å². The molecule has 3 heterocycles. The molecule has 0 unspecified atom stereocenters. The van der Waals surface area contributed by atoms with Crippen LogP contribution in [0, 0.1) is 11.6 Å². The lowest BCUT2D eigenvalue weighted by molar-refractivity contribution is 0.584. The van der Waals surface area contributed by atoms with Crippen LogP contribution < -0.4 is 10.2 Å². The summed E-state index contributed by atoms with van der Waals surface area (Å²) in [6, 6.07) is 12.5. The van der Waals surface area contributed by atoms with E-state index in [0.717, 1.165) is 32.2 Å². The highest BCUT2D eigenvalue weighted by Crippen LogP contribution is 2.40. The van der Waals surface area contributed by atoms with Crippen LogP contribution in [0.15, 0.2) is 54.7 Å². The molecule has 5 rings (SSSR count). The summed E-state index contributed by atoms with van der Waals surface area (Å²) < 4.78 is 28.5. The molecule has 0 aliphatic carbocycles. The molecule has 32 heavy (non-hydrogen) atoms. The highest BCUT2D eigenvalue weighted by molar-refractivity contribution is 6.39. The Labute approximate surface area is 193 Å². The van der Waals surface area contributed by atoms with Crippen molar-refractivity contribution in [2.24, 2.45) is 0 Å². The van der Waals surface area contributed by atoms with Crippen molar-refractivity contribution in [3.63, 3.8) is 0 Å². The minimum atomic E-state index is -0.641. The molecule has 4 nitrogen and oxygen atoms in total. The van der Waals surface area contributed by atoms with Crippen molar-refractivity contribution in [1.29, 1.82) is 0 Å². The van der Waals surface area contributed by atoms with Gasteiger partial charge in [-0.05, 0) is 42.0 Å². The smallest absolute Gasteiger partial charge is 0.133 e. The predicted molar refractivity (Wildman–Crippen MR) is 125 cm³/mol. The highest BCUT2D eigenvalue weighted by Gasteiger charge is 2.21. The largest absolute Gasteiger partial charge is 0.354 e. The lowest BCUT2D eigenvalue weighted by Crippen LogP contribution is -2.43. The quantitative estimate of drug-likeness (QED) is 0.401. The summed E-state index contributed by atoms with van der Waals surface area (Å²) in [6.45, 7) is 3.14. The Morgan fingerprint density at radius 2 is 1.66 bits per heavy atom. The molecular formula is C24H18Cl2F2N4. The van der Waals surface area contributed by atoms with Crippen LogP contribution in [-0.2, 0) is 0 Å². The number of hydrogen-bond donors (Lipinski definition) is 1. The maximum absolute atomic E-state index is 14.8. The lowest BCUT2D eigenvalue weighted by atomic mass is 9.98. The molecular weight excluding hydrogens is 453 g/mol. The molecule has 162 valence electrons. The second-order valence-electron chi connectivity index (χ2n) is 7.54. The third kappa shape index (κ3) is 3.79. The van der Waals surface area contributed by atoms with E-state index in [1.807, 2.05) is 6.07 Å². The first-order valence-corrected chi connectivity index (χ1v) is 10.9. The van der Waals surface area contributed by atoms with Crippen molar-refractivity contribution in [2.45, 2.75) is 0 Å². The van der Waals surface area contributed by atoms with Crippen molar-refractivity contribution in [3.8, 4) is 22.4 Å². The van der Waals surface area contributed by atoms with Crippen molar-refractivity contribution < 1.29 is 8.78 Å². The standard InChI is InChI=1S/C24H18Cl2F2N4/c25-18-2-1-3-19(26)22(18)24-23-16(6-7-30-24)17(15-5-4-14(27)12-20(15)28)13-21(31-23)32-10-8-29-9-11-32/h1-7,12-13,29H,8-11H2. The fourth-order valence-electron chi connectivity index (χ4n) is 4.03. The van der Waals surface area contributed by atoms with Gasteiger partial charge in [-0.3, -0.25) is 4.98 Å². The van der Waals surface area contributed by atoms with E-state index in [1.54, 1.807) is 30.5 Å². The van der Waals surface area contributed by atoms with Crippen molar-refractivity contribution >= 4 is 39.9 Å². The van der Waals surface area contributed by atoms with Gasteiger partial charge in [0.05, 0.1) is 21.3 Å². The Balaban J connectivity index is 1.83. The molecule has 0 saturated carbocycles. The van der Waals surface area contributed by atoms with Gasteiger partial charge in [0, 0.05) is 55.0 Å². The van der Waals surface area contributed by atoms with E-state index in [4.69, 9.17) is 28.2 Å². The zero-order chi connectivity index (χ0) is 22.2. The predicted octanol–water partition coefficient (Wildman–Crippen LogP) is 5.96. The third-order valence-corrected chi connectivity index (χ3v) is 6.21. The van der Waals surface area contributed by atoms with Gasteiger partial charge in [0.2, 0.25) is 0 Å². The van der Waals surface area contributed by atoms with E-state index in [-0.39, 0.29) is 5.56 Å². The van der Waals surface area contributed by atoms with Crippen LogP contribution in [0.3, 0.4) is 0 Å². The Bertz CT molecular complexity index is 1300. The number of fused-ring (bicyclic) bond motifs is 1. The van der Waals surface area contributed by atoms with Crippen molar-refractivity contribution in [1.82, 2.24) is 15.3 Å². The van der Waals surface area contributed by atoms with Crippen LogP contribution in [-0.4, -0.2) is 36.1 Å². The van der Waals surface area contributed by atoms with E-state index in [0.29, 0.717) is 43.6 Å². The summed E-state index contributed by atoms with van der Waals surface area (Å²) >= 11 is 13.0. The maximum atomic E-state index is 14.8. The molecule has 0 amide bonds. The fraction of sp³-hybridized carbons (Fsp3) is 0.167. The summed E-state index contributed by atoms with van der Waals surface area (Å²) in [5.41, 5.74) is 2.53. The van der Waals surface area contributed by atoms with E-state index >= 15 is 0 Å². The number of nitrogens with one attached hydrogen (secondary N) is 1. The summed E-state index contributed by atoms with van der Waals surface area (Å²) in [4.78, 5) is 11.6. The Morgan fingerprint density at radius 3 is 2.38 bits per heavy atom. The molecule has 2 aromatic carbocycles. The highest BCUT2D eigenvalue weighted by atomic mass is 35.5. The first kappa shape index (κ1) is 21.1. The summed E-state index contributed by atoms with van der Waals surface area (Å²) in [5, 5.41) is 4.88. The monoisotopic (exact) mass is 470 g/mol. The van der Waals surface area contributed by atoms with E-state index < -0.39 is 11.6 Å². The molecule has 4 aromatic rings. The van der Waals surface area contributed by atoms with Crippen molar-refractivity contribution in [3.05, 3.63) is 76.4 Å². The Kier molecular flexibility index (Phi) is 5.67. The number of halogens is 4. The van der Waals surface area contributed by atoms with Gasteiger partial charge in [0.15, 0.2) is 0 Å². The molecule has 1 saturated heterocycles. The molecule has 2 aromatic heterocycles. The molecule has 1 fully saturated rings. The van der Waals surface area contributed by atoms with Gasteiger partial charge in [-0.15, -0.1) is 0 Å². The summed E-state index contributed by atoms with van der Waals surface area (Å²) in [7, 11) is 0. The van der Waals surface area contributed by atoms with Gasteiger partial charge in [0.25, 0.3) is 0 Å². The number of anilines is 1. The van der Waals surface area contributed by atoms with E-state index in [2.05, 4.69) is 15.2 Å². The minimum Gasteiger partial charge on any atom is -0.354 e. The van der Waals surface area contributed by atoms with Crippen molar-refractivity contribution in [2.75, 3.05) is 31.1 Å². The summed E-state index contributed by atoms with van der Waals surface area (Å²) in [5.74, 6) is -0.579. The molecule has 1 N–H and O–H groups in total. The zero-order valence-electron chi connectivity index (χ0n) is 16.9. The lowest BCUT2D eigenvalue weighted by Gasteiger charge is -2.29. The first-order valence-electron chi connectivity index (χ1n) is 10.2. The maximum Gasteiger partial charge on any atom is 0.133 e.